The van der Waals surface area contributed by atoms with E-state index in [2.05, 4.69) is 17.0 Å². The minimum absolute atomic E-state index is 0.00682. The first-order valence-corrected chi connectivity index (χ1v) is 11.8. The van der Waals surface area contributed by atoms with Crippen LogP contribution in [0.1, 0.15) is 60.8 Å². The predicted octanol–water partition coefficient (Wildman–Crippen LogP) is 7.22. The summed E-state index contributed by atoms with van der Waals surface area (Å²) >= 11 is 12.3. The van der Waals surface area contributed by atoms with E-state index in [0.29, 0.717) is 27.9 Å². The minimum atomic E-state index is -0.759. The van der Waals surface area contributed by atoms with Crippen LogP contribution in [-0.2, 0) is 0 Å². The Morgan fingerprint density at radius 3 is 2.48 bits per heavy atom. The summed E-state index contributed by atoms with van der Waals surface area (Å²) < 4.78 is 13.5. The molecular formula is C26H28Cl2FNO. The molecule has 2 aromatic carbocycles. The Labute approximate surface area is 194 Å². The maximum Gasteiger partial charge on any atom is 0.104 e. The Balaban J connectivity index is 1.40. The lowest BCUT2D eigenvalue weighted by atomic mass is 9.84. The van der Waals surface area contributed by atoms with Crippen LogP contribution in [0.25, 0.3) is 0 Å². The number of rotatable bonds is 6. The van der Waals surface area contributed by atoms with Gasteiger partial charge in [-0.25, -0.2) is 4.39 Å². The molecule has 1 aliphatic heterocycles. The normalized spacial score (nSPS) is 19.1. The smallest absolute Gasteiger partial charge is 0.104 e. The zero-order valence-electron chi connectivity index (χ0n) is 17.5. The van der Waals surface area contributed by atoms with Gasteiger partial charge in [0.25, 0.3) is 0 Å². The molecule has 5 heteroatoms. The molecule has 31 heavy (non-hydrogen) atoms. The number of benzene rings is 2. The van der Waals surface area contributed by atoms with Crippen LogP contribution in [0.2, 0.25) is 10.0 Å². The fourth-order valence-corrected chi connectivity index (χ4v) is 5.24. The molecule has 2 aromatic rings. The van der Waals surface area contributed by atoms with Crippen LogP contribution in [0.4, 0.5) is 4.39 Å². The lowest BCUT2D eigenvalue weighted by Gasteiger charge is -2.33. The molecule has 2 aliphatic rings. The molecule has 0 radical (unpaired) electrons. The van der Waals surface area contributed by atoms with E-state index in [-0.39, 0.29) is 5.83 Å². The van der Waals surface area contributed by atoms with Gasteiger partial charge in [-0.15, -0.1) is 0 Å². The molecule has 1 unspecified atom stereocenters. The molecule has 1 fully saturated rings. The summed E-state index contributed by atoms with van der Waals surface area (Å²) in [5.41, 5.74) is 3.96. The second kappa shape index (κ2) is 10.3. The molecule has 4 rings (SSSR count). The van der Waals surface area contributed by atoms with E-state index in [1.165, 1.54) is 5.56 Å². The van der Waals surface area contributed by atoms with Gasteiger partial charge in [0.1, 0.15) is 11.9 Å². The summed E-state index contributed by atoms with van der Waals surface area (Å²) in [5, 5.41) is 12.1. The molecule has 164 valence electrons. The Bertz CT molecular complexity index is 959. The number of nitrogens with zero attached hydrogens (tertiary/aromatic N) is 1. The maximum absolute atomic E-state index is 13.5. The van der Waals surface area contributed by atoms with Gasteiger partial charge in [-0.1, -0.05) is 53.5 Å². The molecule has 0 amide bonds. The van der Waals surface area contributed by atoms with Crippen LogP contribution in [0.3, 0.4) is 0 Å². The molecule has 0 bridgehead atoms. The molecule has 1 saturated heterocycles. The monoisotopic (exact) mass is 459 g/mol. The molecule has 1 aliphatic carbocycles. The largest absolute Gasteiger partial charge is 0.384 e. The van der Waals surface area contributed by atoms with Crippen LogP contribution < -0.4 is 0 Å². The van der Waals surface area contributed by atoms with E-state index in [9.17, 15) is 9.50 Å². The molecular weight excluding hydrogens is 432 g/mol. The zero-order chi connectivity index (χ0) is 21.8. The van der Waals surface area contributed by atoms with E-state index >= 15 is 0 Å². The predicted molar refractivity (Wildman–Crippen MR) is 127 cm³/mol. The van der Waals surface area contributed by atoms with Gasteiger partial charge in [0.2, 0.25) is 0 Å². The van der Waals surface area contributed by atoms with Crippen LogP contribution in [0, 0.1) is 0 Å². The highest BCUT2D eigenvalue weighted by Gasteiger charge is 2.25. The Hall–Kier alpha value is -1.65. The number of halogens is 3. The van der Waals surface area contributed by atoms with Gasteiger partial charge in [-0.3, -0.25) is 0 Å². The van der Waals surface area contributed by atoms with Crippen molar-refractivity contribution in [2.75, 3.05) is 19.6 Å². The Kier molecular flexibility index (Phi) is 7.50. The SMILES string of the molecule is OC(c1cc(Cl)cc(Cl)c1)c1ccccc1C1CCN(CCC2=CCCC(F)=C2)CC1. The molecule has 1 atom stereocenters. The first-order chi connectivity index (χ1) is 15.0. The molecule has 0 aromatic heterocycles. The van der Waals surface area contributed by atoms with Crippen molar-refractivity contribution in [3.05, 3.63) is 92.8 Å². The van der Waals surface area contributed by atoms with Crippen LogP contribution in [0.15, 0.2) is 66.0 Å². The average Bonchev–Trinajstić information content (AvgIpc) is 2.77. The van der Waals surface area contributed by atoms with E-state index in [0.717, 1.165) is 56.5 Å². The van der Waals surface area contributed by atoms with Gasteiger partial charge < -0.3 is 10.0 Å². The van der Waals surface area contributed by atoms with E-state index in [1.54, 1.807) is 24.3 Å². The number of hydrogen-bond donors (Lipinski definition) is 1. The quantitative estimate of drug-likeness (QED) is 0.492. The van der Waals surface area contributed by atoms with Crippen LogP contribution in [0.5, 0.6) is 0 Å². The highest BCUT2D eigenvalue weighted by Crippen LogP contribution is 2.36. The number of allylic oxidation sites excluding steroid dienone is 3. The summed E-state index contributed by atoms with van der Waals surface area (Å²) in [7, 11) is 0. The molecule has 0 saturated carbocycles. The summed E-state index contributed by atoms with van der Waals surface area (Å²) in [6, 6.07) is 13.4. The first kappa shape index (κ1) is 22.5. The van der Waals surface area contributed by atoms with Crippen molar-refractivity contribution in [1.29, 1.82) is 0 Å². The lowest BCUT2D eigenvalue weighted by Crippen LogP contribution is -2.34. The summed E-state index contributed by atoms with van der Waals surface area (Å²) in [6.07, 6.45) is 7.46. The fourth-order valence-electron chi connectivity index (χ4n) is 4.70. The van der Waals surface area contributed by atoms with Crippen molar-refractivity contribution in [3.8, 4) is 0 Å². The van der Waals surface area contributed by atoms with Gasteiger partial charge in [0, 0.05) is 23.0 Å². The maximum atomic E-state index is 13.5. The second-order valence-electron chi connectivity index (χ2n) is 8.51. The number of aliphatic hydroxyl groups excluding tert-OH is 1. The number of likely N-dealkylation sites (tertiary alicyclic amines) is 1. The van der Waals surface area contributed by atoms with Crippen LogP contribution in [-0.4, -0.2) is 29.6 Å². The van der Waals surface area contributed by atoms with Crippen molar-refractivity contribution in [1.82, 2.24) is 4.90 Å². The van der Waals surface area contributed by atoms with Crippen molar-refractivity contribution in [2.45, 2.75) is 44.1 Å². The Morgan fingerprint density at radius 1 is 1.06 bits per heavy atom. The van der Waals surface area contributed by atoms with Gasteiger partial charge in [-0.2, -0.15) is 0 Å². The van der Waals surface area contributed by atoms with Crippen molar-refractivity contribution < 1.29 is 9.50 Å². The number of hydrogen-bond acceptors (Lipinski definition) is 2. The molecule has 1 N–H and O–H groups in total. The fraction of sp³-hybridized carbons (Fsp3) is 0.385. The standard InChI is InChI=1S/C26H28Cl2FNO/c27-21-15-20(16-22(28)17-21)26(31)25-7-2-1-6-24(25)19-9-12-30(13-10-19)11-8-18-4-3-5-23(29)14-18/h1-2,4,6-7,14-17,19,26,31H,3,5,8-13H2. The third-order valence-corrected chi connectivity index (χ3v) is 6.80. The molecule has 2 nitrogen and oxygen atoms in total. The van der Waals surface area contributed by atoms with Gasteiger partial charge in [0.15, 0.2) is 0 Å². The Morgan fingerprint density at radius 2 is 1.77 bits per heavy atom. The topological polar surface area (TPSA) is 23.5 Å². The van der Waals surface area contributed by atoms with Gasteiger partial charge >= 0.3 is 0 Å². The third-order valence-electron chi connectivity index (χ3n) is 6.37. The highest BCUT2D eigenvalue weighted by atomic mass is 35.5. The van der Waals surface area contributed by atoms with Gasteiger partial charge in [0.05, 0.1) is 0 Å². The first-order valence-electron chi connectivity index (χ1n) is 11.0. The van der Waals surface area contributed by atoms with Crippen LogP contribution >= 0.6 is 23.2 Å². The van der Waals surface area contributed by atoms with Crippen molar-refractivity contribution >= 4 is 23.2 Å². The molecule has 0 spiro atoms. The van der Waals surface area contributed by atoms with Crippen molar-refractivity contribution in [3.63, 3.8) is 0 Å². The summed E-state index contributed by atoms with van der Waals surface area (Å²) in [5.74, 6) is 0.412. The number of aliphatic hydroxyl groups is 1. The average molecular weight is 460 g/mol. The lowest BCUT2D eigenvalue weighted by molar-refractivity contribution is 0.204. The van der Waals surface area contributed by atoms with E-state index < -0.39 is 6.10 Å². The second-order valence-corrected chi connectivity index (χ2v) is 9.38. The number of piperidine rings is 1. The summed E-state index contributed by atoms with van der Waals surface area (Å²) in [6.45, 7) is 2.99. The summed E-state index contributed by atoms with van der Waals surface area (Å²) in [4.78, 5) is 2.47. The van der Waals surface area contributed by atoms with Crippen molar-refractivity contribution in [2.24, 2.45) is 0 Å². The third kappa shape index (κ3) is 5.78. The van der Waals surface area contributed by atoms with E-state index in [4.69, 9.17) is 23.2 Å². The van der Waals surface area contributed by atoms with Gasteiger partial charge in [-0.05, 0) is 91.2 Å². The highest BCUT2D eigenvalue weighted by molar-refractivity contribution is 6.34. The zero-order valence-corrected chi connectivity index (χ0v) is 19.0. The minimum Gasteiger partial charge on any atom is -0.384 e. The van der Waals surface area contributed by atoms with E-state index in [1.807, 2.05) is 18.2 Å². The molecule has 1 heterocycles.